The van der Waals surface area contributed by atoms with Crippen LogP contribution in [0.25, 0.3) is 0 Å². The summed E-state index contributed by atoms with van der Waals surface area (Å²) in [6.07, 6.45) is 2.02. The second-order valence-electron chi connectivity index (χ2n) is 6.05. The monoisotopic (exact) mass is 326 g/mol. The van der Waals surface area contributed by atoms with Crippen LogP contribution < -0.4 is 4.74 Å². The van der Waals surface area contributed by atoms with Crippen LogP contribution in [-0.2, 0) is 10.2 Å². The van der Waals surface area contributed by atoms with Gasteiger partial charge in [0.2, 0.25) is 0 Å². The van der Waals surface area contributed by atoms with E-state index in [2.05, 4.69) is 6.92 Å². The average molecular weight is 326 g/mol. The summed E-state index contributed by atoms with van der Waals surface area (Å²) in [4.78, 5) is 0. The number of piperidine rings is 1. The molecule has 124 valence electrons. The van der Waals surface area contributed by atoms with Crippen molar-refractivity contribution in [3.63, 3.8) is 0 Å². The second kappa shape index (κ2) is 6.98. The molecular weight excluding hydrogens is 300 g/mol. The van der Waals surface area contributed by atoms with Gasteiger partial charge in [0.05, 0.1) is 13.2 Å². The fraction of sp³-hybridized carbons (Fsp3) is 0.625. The van der Waals surface area contributed by atoms with E-state index in [4.69, 9.17) is 4.74 Å². The van der Waals surface area contributed by atoms with Gasteiger partial charge in [0, 0.05) is 25.7 Å². The lowest BCUT2D eigenvalue weighted by atomic mass is 10.0. The van der Waals surface area contributed by atoms with Crippen LogP contribution in [0.4, 0.5) is 0 Å². The van der Waals surface area contributed by atoms with Crippen molar-refractivity contribution >= 4 is 10.2 Å². The van der Waals surface area contributed by atoms with Gasteiger partial charge in [0.25, 0.3) is 10.2 Å². The first-order chi connectivity index (χ1) is 10.4. The third kappa shape index (κ3) is 3.45. The van der Waals surface area contributed by atoms with E-state index in [0.717, 1.165) is 18.4 Å². The van der Waals surface area contributed by atoms with Crippen LogP contribution in [0.1, 0.15) is 38.3 Å². The van der Waals surface area contributed by atoms with Crippen molar-refractivity contribution in [3.05, 3.63) is 29.8 Å². The minimum absolute atomic E-state index is 0.279. The average Bonchev–Trinajstić information content (AvgIpc) is 2.53. The topological polar surface area (TPSA) is 49.9 Å². The Morgan fingerprint density at radius 3 is 2.68 bits per heavy atom. The largest absolute Gasteiger partial charge is 0.496 e. The lowest BCUT2D eigenvalue weighted by Crippen LogP contribution is -2.46. The van der Waals surface area contributed by atoms with Crippen LogP contribution in [0.15, 0.2) is 24.3 Å². The normalized spacial score (nSPS) is 21.8. The Morgan fingerprint density at radius 2 is 2.05 bits per heavy atom. The van der Waals surface area contributed by atoms with Crippen molar-refractivity contribution in [1.29, 1.82) is 0 Å². The first-order valence-corrected chi connectivity index (χ1v) is 9.13. The molecule has 0 unspecified atom stereocenters. The van der Waals surface area contributed by atoms with Crippen LogP contribution >= 0.6 is 0 Å². The van der Waals surface area contributed by atoms with Gasteiger partial charge in [-0.1, -0.05) is 25.1 Å². The Balaban J connectivity index is 2.23. The zero-order chi connectivity index (χ0) is 16.3. The molecule has 0 amide bonds. The van der Waals surface area contributed by atoms with E-state index in [-0.39, 0.29) is 6.04 Å². The smallest absolute Gasteiger partial charge is 0.282 e. The summed E-state index contributed by atoms with van der Waals surface area (Å²) >= 11 is 0. The highest BCUT2D eigenvalue weighted by molar-refractivity contribution is 7.86. The van der Waals surface area contributed by atoms with Gasteiger partial charge in [-0.25, -0.2) is 0 Å². The molecule has 1 saturated heterocycles. The van der Waals surface area contributed by atoms with E-state index in [1.165, 1.54) is 4.31 Å². The third-order valence-electron chi connectivity index (χ3n) is 4.44. The van der Waals surface area contributed by atoms with Gasteiger partial charge in [-0.3, -0.25) is 0 Å². The molecule has 1 aromatic rings. The molecule has 0 spiro atoms. The fourth-order valence-corrected chi connectivity index (χ4v) is 4.63. The molecule has 1 aliphatic heterocycles. The number of benzene rings is 1. The summed E-state index contributed by atoms with van der Waals surface area (Å²) in [5.74, 6) is 1.13. The van der Waals surface area contributed by atoms with E-state index in [1.807, 2.05) is 31.2 Å². The number of rotatable bonds is 5. The number of methoxy groups -OCH3 is 1. The third-order valence-corrected chi connectivity index (χ3v) is 6.47. The maximum absolute atomic E-state index is 12.9. The standard InChI is InChI=1S/C16H26N2O3S/c1-13-8-7-11-18(12-13)22(19,20)17(3)14(2)15-9-5-6-10-16(15)21-4/h5-6,9-10,13-14H,7-8,11-12H2,1-4H3/t13-,14-/m0/s1. The quantitative estimate of drug-likeness (QED) is 0.836. The molecule has 0 bridgehead atoms. The molecule has 2 rings (SSSR count). The Bertz CT molecular complexity index is 603. The van der Waals surface area contributed by atoms with Crippen molar-refractivity contribution in [2.45, 2.75) is 32.7 Å². The van der Waals surface area contributed by atoms with Crippen LogP contribution in [0.3, 0.4) is 0 Å². The predicted octanol–water partition coefficient (Wildman–Crippen LogP) is 2.66. The second-order valence-corrected chi connectivity index (χ2v) is 8.04. The molecule has 1 heterocycles. The van der Waals surface area contributed by atoms with Gasteiger partial charge in [0.1, 0.15) is 5.75 Å². The number of nitrogens with zero attached hydrogens (tertiary/aromatic N) is 2. The van der Waals surface area contributed by atoms with Gasteiger partial charge in [-0.2, -0.15) is 17.0 Å². The molecule has 0 aliphatic carbocycles. The van der Waals surface area contributed by atoms with E-state index in [0.29, 0.717) is 24.8 Å². The molecule has 0 aromatic heterocycles. The molecule has 6 heteroatoms. The number of para-hydroxylation sites is 1. The van der Waals surface area contributed by atoms with Gasteiger partial charge in [-0.05, 0) is 31.7 Å². The molecule has 1 aromatic carbocycles. The molecule has 1 aliphatic rings. The first kappa shape index (κ1) is 17.2. The van der Waals surface area contributed by atoms with Crippen molar-refractivity contribution in [1.82, 2.24) is 8.61 Å². The Morgan fingerprint density at radius 1 is 1.36 bits per heavy atom. The maximum atomic E-state index is 12.9. The molecule has 22 heavy (non-hydrogen) atoms. The van der Waals surface area contributed by atoms with Gasteiger partial charge in [-0.15, -0.1) is 0 Å². The van der Waals surface area contributed by atoms with E-state index < -0.39 is 10.2 Å². The summed E-state index contributed by atoms with van der Waals surface area (Å²) in [5.41, 5.74) is 0.876. The molecule has 0 N–H and O–H groups in total. The lowest BCUT2D eigenvalue weighted by molar-refractivity contribution is 0.254. The van der Waals surface area contributed by atoms with Crippen LogP contribution in [0.2, 0.25) is 0 Å². The number of ether oxygens (including phenoxy) is 1. The summed E-state index contributed by atoms with van der Waals surface area (Å²) < 4.78 is 34.1. The summed E-state index contributed by atoms with van der Waals surface area (Å²) in [6, 6.07) is 7.27. The lowest BCUT2D eigenvalue weighted by Gasteiger charge is -2.35. The van der Waals surface area contributed by atoms with Crippen molar-refractivity contribution in [2.75, 3.05) is 27.2 Å². The molecular formula is C16H26N2O3S. The van der Waals surface area contributed by atoms with Crippen LogP contribution in [0.5, 0.6) is 5.75 Å². The Hall–Kier alpha value is -1.11. The highest BCUT2D eigenvalue weighted by Crippen LogP contribution is 2.31. The minimum atomic E-state index is -3.46. The van der Waals surface area contributed by atoms with Crippen LogP contribution in [0, 0.1) is 5.92 Å². The molecule has 0 radical (unpaired) electrons. The van der Waals surface area contributed by atoms with E-state index in [1.54, 1.807) is 18.5 Å². The Kier molecular flexibility index (Phi) is 5.47. The predicted molar refractivity (Wildman–Crippen MR) is 88.1 cm³/mol. The van der Waals surface area contributed by atoms with E-state index >= 15 is 0 Å². The molecule has 1 fully saturated rings. The number of hydrogen-bond donors (Lipinski definition) is 0. The minimum Gasteiger partial charge on any atom is -0.496 e. The summed E-state index contributed by atoms with van der Waals surface area (Å²) in [7, 11) is -0.208. The SMILES string of the molecule is COc1ccccc1[C@H](C)N(C)S(=O)(=O)N1CCC[C@H](C)C1. The van der Waals surface area contributed by atoms with Crippen molar-refractivity contribution < 1.29 is 13.2 Å². The summed E-state index contributed by atoms with van der Waals surface area (Å²) in [6.45, 7) is 5.20. The highest BCUT2D eigenvalue weighted by Gasteiger charge is 2.33. The first-order valence-electron chi connectivity index (χ1n) is 7.74. The van der Waals surface area contributed by atoms with Gasteiger partial charge >= 0.3 is 0 Å². The van der Waals surface area contributed by atoms with Crippen LogP contribution in [-0.4, -0.2) is 44.3 Å². The Labute approximate surface area is 134 Å². The van der Waals surface area contributed by atoms with Gasteiger partial charge < -0.3 is 4.74 Å². The fourth-order valence-electron chi connectivity index (χ4n) is 2.95. The number of hydrogen-bond acceptors (Lipinski definition) is 3. The van der Waals surface area contributed by atoms with Crippen molar-refractivity contribution in [2.24, 2.45) is 5.92 Å². The zero-order valence-corrected chi connectivity index (χ0v) is 14.6. The molecule has 0 saturated carbocycles. The molecule has 5 nitrogen and oxygen atoms in total. The highest BCUT2D eigenvalue weighted by atomic mass is 32.2. The molecule has 2 atom stereocenters. The zero-order valence-electron chi connectivity index (χ0n) is 13.8. The summed E-state index contributed by atoms with van der Waals surface area (Å²) in [5, 5.41) is 0. The maximum Gasteiger partial charge on any atom is 0.282 e. The van der Waals surface area contributed by atoms with Gasteiger partial charge in [0.15, 0.2) is 0 Å². The van der Waals surface area contributed by atoms with Crippen molar-refractivity contribution in [3.8, 4) is 5.75 Å². The van der Waals surface area contributed by atoms with E-state index in [9.17, 15) is 8.42 Å².